The van der Waals surface area contributed by atoms with Crippen LogP contribution >= 0.6 is 0 Å². The van der Waals surface area contributed by atoms with Crippen LogP contribution in [0.5, 0.6) is 0 Å². The molecule has 2 aromatic carbocycles. The minimum absolute atomic E-state index is 0.000940. The van der Waals surface area contributed by atoms with Gasteiger partial charge in [0.25, 0.3) is 0 Å². The Morgan fingerprint density at radius 1 is 1.03 bits per heavy atom. The maximum absolute atomic E-state index is 15.4. The molecule has 2 heterocycles. The molecule has 208 valence electrons. The van der Waals surface area contributed by atoms with E-state index in [4.69, 9.17) is 9.57 Å². The number of carbonyl (C=O) groups excluding carboxylic acids is 1. The van der Waals surface area contributed by atoms with Gasteiger partial charge in [0.15, 0.2) is 0 Å². The van der Waals surface area contributed by atoms with Gasteiger partial charge in [0.2, 0.25) is 0 Å². The van der Waals surface area contributed by atoms with Gasteiger partial charge in [-0.15, -0.1) is 0 Å². The summed E-state index contributed by atoms with van der Waals surface area (Å²) in [6.45, 7) is 7.74. The molecule has 0 bridgehead atoms. The van der Waals surface area contributed by atoms with Crippen molar-refractivity contribution in [2.45, 2.75) is 70.6 Å². The summed E-state index contributed by atoms with van der Waals surface area (Å²) in [5.41, 5.74) is -0.911. The Kier molecular flexibility index (Phi) is 8.64. The summed E-state index contributed by atoms with van der Waals surface area (Å²) in [5, 5.41) is 4.71. The number of hydroxylamine groups is 2. The van der Waals surface area contributed by atoms with Gasteiger partial charge in [-0.05, 0) is 56.9 Å². The zero-order valence-electron chi connectivity index (χ0n) is 22.0. The van der Waals surface area contributed by atoms with Gasteiger partial charge in [-0.25, -0.2) is 9.18 Å². The third kappa shape index (κ3) is 7.24. The van der Waals surface area contributed by atoms with E-state index in [2.05, 4.69) is 5.32 Å². The number of halogens is 4. The van der Waals surface area contributed by atoms with E-state index in [1.54, 1.807) is 6.07 Å². The van der Waals surface area contributed by atoms with Gasteiger partial charge in [-0.3, -0.25) is 4.84 Å². The molecule has 10 heteroatoms. The minimum Gasteiger partial charge on any atom is -0.362 e. The van der Waals surface area contributed by atoms with E-state index >= 15 is 4.39 Å². The molecule has 0 aliphatic carbocycles. The fourth-order valence-electron chi connectivity index (χ4n) is 4.61. The first kappa shape index (κ1) is 28.3. The molecule has 0 saturated carbocycles. The van der Waals surface area contributed by atoms with Crippen LogP contribution in [0.25, 0.3) is 0 Å². The van der Waals surface area contributed by atoms with Gasteiger partial charge in [-0.1, -0.05) is 36.8 Å². The largest absolute Gasteiger partial charge is 0.416 e. The lowest BCUT2D eigenvalue weighted by molar-refractivity contribution is -0.178. The molecule has 0 radical (unpaired) electrons. The summed E-state index contributed by atoms with van der Waals surface area (Å²) >= 11 is 0. The lowest BCUT2D eigenvalue weighted by Crippen LogP contribution is -2.60. The van der Waals surface area contributed by atoms with Crippen LogP contribution in [0, 0.1) is 5.82 Å². The summed E-state index contributed by atoms with van der Waals surface area (Å²) in [6, 6.07) is 9.16. The molecule has 1 N–H and O–H groups in total. The SMILES string of the molecule is CC(C)(C)NC(=O)N1CC(OC(c2ccc(CON3CCCCC3)cc2F)c2ccccc2C(F)(F)F)C1. The van der Waals surface area contributed by atoms with Gasteiger partial charge in [0.1, 0.15) is 11.9 Å². The summed E-state index contributed by atoms with van der Waals surface area (Å²) < 4.78 is 63.2. The number of alkyl halides is 3. The molecule has 1 unspecified atom stereocenters. The summed E-state index contributed by atoms with van der Waals surface area (Å²) in [6.07, 6.45) is -3.25. The van der Waals surface area contributed by atoms with Crippen LogP contribution in [0.2, 0.25) is 0 Å². The second-order valence-corrected chi connectivity index (χ2v) is 10.9. The van der Waals surface area contributed by atoms with Crippen molar-refractivity contribution in [3.05, 3.63) is 70.5 Å². The van der Waals surface area contributed by atoms with Crippen molar-refractivity contribution in [3.8, 4) is 0 Å². The first-order chi connectivity index (χ1) is 17.9. The van der Waals surface area contributed by atoms with Gasteiger partial charge in [-0.2, -0.15) is 18.2 Å². The molecule has 6 nitrogen and oxygen atoms in total. The van der Waals surface area contributed by atoms with Gasteiger partial charge >= 0.3 is 12.2 Å². The number of hydrogen-bond acceptors (Lipinski definition) is 4. The monoisotopic (exact) mass is 537 g/mol. The van der Waals surface area contributed by atoms with Crippen LogP contribution in [0.1, 0.15) is 68.4 Å². The van der Waals surface area contributed by atoms with Crippen LogP contribution in [0.4, 0.5) is 22.4 Å². The second-order valence-electron chi connectivity index (χ2n) is 10.9. The maximum Gasteiger partial charge on any atom is 0.416 e. The summed E-state index contributed by atoms with van der Waals surface area (Å²) in [7, 11) is 0. The number of amides is 2. The average molecular weight is 538 g/mol. The van der Waals surface area contributed by atoms with Crippen molar-refractivity contribution in [1.29, 1.82) is 0 Å². The number of benzene rings is 2. The van der Waals surface area contributed by atoms with Gasteiger partial charge in [0, 0.05) is 24.2 Å². The Hall–Kier alpha value is -2.69. The predicted octanol–water partition coefficient (Wildman–Crippen LogP) is 6.06. The molecule has 2 fully saturated rings. The molecule has 2 saturated heterocycles. The Labute approximate surface area is 220 Å². The number of rotatable bonds is 7. The number of ether oxygens (including phenoxy) is 1. The molecule has 2 aromatic rings. The van der Waals surface area contributed by atoms with E-state index < -0.39 is 35.3 Å². The highest BCUT2D eigenvalue weighted by atomic mass is 19.4. The zero-order valence-corrected chi connectivity index (χ0v) is 22.0. The number of piperidine rings is 1. The van der Waals surface area contributed by atoms with E-state index in [1.165, 1.54) is 35.2 Å². The molecule has 2 amide bonds. The molecule has 2 aliphatic rings. The van der Waals surface area contributed by atoms with Crippen molar-refractivity contribution < 1.29 is 31.9 Å². The first-order valence-corrected chi connectivity index (χ1v) is 13.0. The second kappa shape index (κ2) is 11.6. The molecule has 0 spiro atoms. The maximum atomic E-state index is 15.4. The number of likely N-dealkylation sites (tertiary alicyclic amines) is 1. The molecule has 0 aromatic heterocycles. The Morgan fingerprint density at radius 3 is 2.34 bits per heavy atom. The number of nitrogens with zero attached hydrogens (tertiary/aromatic N) is 2. The fraction of sp³-hybridized carbons (Fsp3) is 0.536. The van der Waals surface area contributed by atoms with E-state index in [9.17, 15) is 18.0 Å². The fourth-order valence-corrected chi connectivity index (χ4v) is 4.61. The molecular weight excluding hydrogens is 502 g/mol. The average Bonchev–Trinajstić information content (AvgIpc) is 2.82. The molecular formula is C28H35F4N3O3. The summed E-state index contributed by atoms with van der Waals surface area (Å²) in [5.74, 6) is -0.673. The predicted molar refractivity (Wildman–Crippen MR) is 135 cm³/mol. The number of nitrogens with one attached hydrogen (secondary N) is 1. The number of carbonyl (C=O) groups is 1. The smallest absolute Gasteiger partial charge is 0.362 e. The lowest BCUT2D eigenvalue weighted by Gasteiger charge is -2.42. The van der Waals surface area contributed by atoms with Gasteiger partial charge < -0.3 is 15.0 Å². The van der Waals surface area contributed by atoms with E-state index in [1.807, 2.05) is 25.8 Å². The van der Waals surface area contributed by atoms with Crippen molar-refractivity contribution >= 4 is 6.03 Å². The molecule has 4 rings (SSSR count). The van der Waals surface area contributed by atoms with Crippen molar-refractivity contribution in [3.63, 3.8) is 0 Å². The van der Waals surface area contributed by atoms with Crippen molar-refractivity contribution in [2.24, 2.45) is 0 Å². The Morgan fingerprint density at radius 2 is 1.71 bits per heavy atom. The standard InChI is InChI=1S/C28H35F4N3O3/c1-27(2,3)33-26(36)34-16-20(17-34)38-25(21-9-5-6-10-23(21)28(30,31)32)22-12-11-19(15-24(22)29)18-37-35-13-7-4-8-14-35/h5-6,9-12,15,20,25H,4,7-8,13-14,16-18H2,1-3H3,(H,33,36). The molecule has 1 atom stereocenters. The van der Waals surface area contributed by atoms with Crippen LogP contribution in [-0.4, -0.2) is 53.8 Å². The van der Waals surface area contributed by atoms with E-state index in [-0.39, 0.29) is 36.9 Å². The van der Waals surface area contributed by atoms with Crippen LogP contribution in [0.3, 0.4) is 0 Å². The Bertz CT molecular complexity index is 1110. The van der Waals surface area contributed by atoms with Crippen LogP contribution < -0.4 is 5.32 Å². The third-order valence-corrected chi connectivity index (χ3v) is 6.57. The highest BCUT2D eigenvalue weighted by Crippen LogP contribution is 2.40. The van der Waals surface area contributed by atoms with Crippen molar-refractivity contribution in [1.82, 2.24) is 15.3 Å². The highest BCUT2D eigenvalue weighted by molar-refractivity contribution is 5.75. The number of urea groups is 1. The lowest BCUT2D eigenvalue weighted by atomic mass is 9.94. The molecule has 2 aliphatic heterocycles. The normalized spacial score (nSPS) is 18.2. The van der Waals surface area contributed by atoms with E-state index in [0.717, 1.165) is 38.4 Å². The van der Waals surface area contributed by atoms with Gasteiger partial charge in [0.05, 0.1) is 31.4 Å². The number of hydrogen-bond donors (Lipinski definition) is 1. The topological polar surface area (TPSA) is 54.0 Å². The minimum atomic E-state index is -4.64. The van der Waals surface area contributed by atoms with Crippen molar-refractivity contribution in [2.75, 3.05) is 26.2 Å². The van der Waals surface area contributed by atoms with Crippen LogP contribution in [-0.2, 0) is 22.4 Å². The highest BCUT2D eigenvalue weighted by Gasteiger charge is 2.40. The molecule has 38 heavy (non-hydrogen) atoms. The van der Waals surface area contributed by atoms with Crippen LogP contribution in [0.15, 0.2) is 42.5 Å². The quantitative estimate of drug-likeness (QED) is 0.437. The first-order valence-electron chi connectivity index (χ1n) is 13.0. The van der Waals surface area contributed by atoms with E-state index in [0.29, 0.717) is 5.56 Å². The Balaban J connectivity index is 1.54. The zero-order chi connectivity index (χ0) is 27.5. The third-order valence-electron chi connectivity index (χ3n) is 6.57. The summed E-state index contributed by atoms with van der Waals surface area (Å²) in [4.78, 5) is 19.7.